The number of ether oxygens (including phenoxy) is 2. The molecule has 1 aliphatic carbocycles. The first-order valence-corrected chi connectivity index (χ1v) is 14.8. The van der Waals surface area contributed by atoms with Gasteiger partial charge < -0.3 is 24.0 Å². The highest BCUT2D eigenvalue weighted by Gasteiger charge is 2.42. The number of aryl methyl sites for hydroxylation is 1. The number of alkyl halides is 3. The zero-order chi connectivity index (χ0) is 30.6. The molecule has 9 nitrogen and oxygen atoms in total. The van der Waals surface area contributed by atoms with Crippen molar-refractivity contribution in [3.8, 4) is 28.3 Å². The van der Waals surface area contributed by atoms with Crippen LogP contribution in [0.3, 0.4) is 0 Å². The van der Waals surface area contributed by atoms with E-state index in [-0.39, 0.29) is 35.6 Å². The van der Waals surface area contributed by atoms with Crippen molar-refractivity contribution in [3.05, 3.63) is 71.6 Å². The number of hydrogen-bond acceptors (Lipinski definition) is 7. The lowest BCUT2D eigenvalue weighted by Crippen LogP contribution is -2.45. The maximum atomic E-state index is 13.1. The standard InChI is InChI=1S/C32H31F3N4O5/c1-38-27(31(40)41)16-26(36-38)18-8-10-20(11-9-18)39-21-12-13-22(39)15-23(14-21)42-17-25-29(37-44-30(25)19-6-7-19)24-4-2-3-5-28(24)43-32(33,34)35/h2-5,8-11,16,19,21-23H,6-7,12-15,17H2,1H3,(H,40,41)/t21-,22+,23-. The summed E-state index contributed by atoms with van der Waals surface area (Å²) in [6, 6.07) is 16.2. The highest BCUT2D eigenvalue weighted by atomic mass is 19.4. The Kier molecular flexibility index (Phi) is 7.11. The second kappa shape index (κ2) is 11.0. The first-order valence-electron chi connectivity index (χ1n) is 14.8. The molecule has 3 atom stereocenters. The average molecular weight is 609 g/mol. The van der Waals surface area contributed by atoms with Crippen molar-refractivity contribution >= 4 is 11.7 Å². The second-order valence-electron chi connectivity index (χ2n) is 11.8. The molecular weight excluding hydrogens is 577 g/mol. The van der Waals surface area contributed by atoms with Crippen molar-refractivity contribution in [3.63, 3.8) is 0 Å². The van der Waals surface area contributed by atoms with Gasteiger partial charge in [-0.05, 0) is 68.9 Å². The van der Waals surface area contributed by atoms with Crippen LogP contribution in [0, 0.1) is 0 Å². The fourth-order valence-corrected chi connectivity index (χ4v) is 6.71. The maximum Gasteiger partial charge on any atom is 0.573 e. The third-order valence-corrected chi connectivity index (χ3v) is 8.85. The van der Waals surface area contributed by atoms with Gasteiger partial charge in [-0.2, -0.15) is 5.10 Å². The monoisotopic (exact) mass is 608 g/mol. The van der Waals surface area contributed by atoms with Gasteiger partial charge in [0.25, 0.3) is 0 Å². The van der Waals surface area contributed by atoms with Crippen LogP contribution >= 0.6 is 0 Å². The Morgan fingerprint density at radius 3 is 2.39 bits per heavy atom. The molecule has 4 heterocycles. The Bertz CT molecular complexity index is 1660. The summed E-state index contributed by atoms with van der Waals surface area (Å²) >= 11 is 0. The van der Waals surface area contributed by atoms with E-state index in [1.165, 1.54) is 16.8 Å². The summed E-state index contributed by atoms with van der Waals surface area (Å²) in [6.45, 7) is 0.201. The van der Waals surface area contributed by atoms with Crippen LogP contribution in [0.5, 0.6) is 5.75 Å². The molecule has 230 valence electrons. The Morgan fingerprint density at radius 2 is 1.75 bits per heavy atom. The van der Waals surface area contributed by atoms with Crippen LogP contribution < -0.4 is 9.64 Å². The van der Waals surface area contributed by atoms with E-state index in [4.69, 9.17) is 9.26 Å². The molecule has 7 rings (SSSR count). The Hall–Kier alpha value is -4.32. The summed E-state index contributed by atoms with van der Waals surface area (Å²) < 4.78 is 57.2. The van der Waals surface area contributed by atoms with E-state index in [9.17, 15) is 23.1 Å². The van der Waals surface area contributed by atoms with Crippen LogP contribution in [0.4, 0.5) is 18.9 Å². The van der Waals surface area contributed by atoms with Crippen molar-refractivity contribution in [2.75, 3.05) is 4.90 Å². The Morgan fingerprint density at radius 1 is 1.05 bits per heavy atom. The summed E-state index contributed by atoms with van der Waals surface area (Å²) in [7, 11) is 1.61. The van der Waals surface area contributed by atoms with E-state index in [0.717, 1.165) is 49.8 Å². The zero-order valence-corrected chi connectivity index (χ0v) is 24.0. The highest BCUT2D eigenvalue weighted by Crippen LogP contribution is 2.46. The summed E-state index contributed by atoms with van der Waals surface area (Å²) in [5.74, 6) is -0.451. The predicted molar refractivity (Wildman–Crippen MR) is 153 cm³/mol. The number of rotatable bonds is 9. The number of carboxylic acids is 1. The first kappa shape index (κ1) is 28.5. The van der Waals surface area contributed by atoms with Crippen molar-refractivity contribution in [2.45, 2.75) is 75.6 Å². The summed E-state index contributed by atoms with van der Waals surface area (Å²) in [6.07, 6.45) is 0.801. The molecule has 44 heavy (non-hydrogen) atoms. The molecule has 0 radical (unpaired) electrons. The van der Waals surface area contributed by atoms with Gasteiger partial charge in [-0.1, -0.05) is 29.4 Å². The van der Waals surface area contributed by atoms with Crippen molar-refractivity contribution in [2.24, 2.45) is 7.05 Å². The number of carboxylic acid groups (broad SMARTS) is 1. The van der Waals surface area contributed by atoms with Gasteiger partial charge in [-0.25, -0.2) is 4.79 Å². The van der Waals surface area contributed by atoms with Crippen molar-refractivity contribution in [1.29, 1.82) is 0 Å². The number of para-hydroxylation sites is 1. The van der Waals surface area contributed by atoms with E-state index in [1.54, 1.807) is 25.2 Å². The molecule has 0 spiro atoms. The molecule has 4 aromatic rings. The summed E-state index contributed by atoms with van der Waals surface area (Å²) in [4.78, 5) is 13.9. The molecule has 1 N–H and O–H groups in total. The quantitative estimate of drug-likeness (QED) is 0.218. The number of aromatic carboxylic acids is 1. The smallest absolute Gasteiger partial charge is 0.477 e. The Labute approximate surface area is 251 Å². The largest absolute Gasteiger partial charge is 0.573 e. The minimum atomic E-state index is -4.83. The van der Waals surface area contributed by atoms with E-state index >= 15 is 0 Å². The lowest BCUT2D eigenvalue weighted by atomic mass is 9.98. The normalized spacial score (nSPS) is 21.5. The molecule has 1 saturated carbocycles. The number of halogens is 3. The minimum absolute atomic E-state index is 0.0116. The lowest BCUT2D eigenvalue weighted by molar-refractivity contribution is -0.274. The number of aromatic nitrogens is 3. The van der Waals surface area contributed by atoms with Gasteiger partial charge in [0.15, 0.2) is 0 Å². The zero-order valence-electron chi connectivity index (χ0n) is 24.0. The van der Waals surface area contributed by atoms with Crippen LogP contribution in [-0.2, 0) is 18.4 Å². The van der Waals surface area contributed by atoms with Gasteiger partial charge in [0.2, 0.25) is 0 Å². The number of anilines is 1. The molecule has 0 unspecified atom stereocenters. The van der Waals surface area contributed by atoms with Gasteiger partial charge in [-0.3, -0.25) is 4.68 Å². The molecule has 12 heteroatoms. The predicted octanol–water partition coefficient (Wildman–Crippen LogP) is 6.93. The van der Waals surface area contributed by atoms with Gasteiger partial charge >= 0.3 is 12.3 Å². The fourth-order valence-electron chi connectivity index (χ4n) is 6.71. The topological polar surface area (TPSA) is 103 Å². The third-order valence-electron chi connectivity index (χ3n) is 8.85. The van der Waals surface area contributed by atoms with Gasteiger partial charge in [0, 0.05) is 47.4 Å². The van der Waals surface area contributed by atoms with E-state index < -0.39 is 12.3 Å². The number of carbonyl (C=O) groups is 1. The molecule has 2 aromatic heterocycles. The number of nitrogens with zero attached hydrogens (tertiary/aromatic N) is 4. The highest BCUT2D eigenvalue weighted by molar-refractivity contribution is 5.87. The van der Waals surface area contributed by atoms with Crippen LogP contribution in [0.15, 0.2) is 59.1 Å². The van der Waals surface area contributed by atoms with Crippen LogP contribution in [0.25, 0.3) is 22.5 Å². The molecule has 2 aliphatic heterocycles. The molecule has 3 aliphatic rings. The minimum Gasteiger partial charge on any atom is -0.477 e. The molecule has 0 amide bonds. The molecule has 2 aromatic carbocycles. The second-order valence-corrected chi connectivity index (χ2v) is 11.8. The van der Waals surface area contributed by atoms with Gasteiger partial charge in [0.1, 0.15) is 22.9 Å². The number of fused-ring (bicyclic) bond motifs is 2. The van der Waals surface area contributed by atoms with E-state index in [0.29, 0.717) is 34.8 Å². The van der Waals surface area contributed by atoms with Gasteiger partial charge in [0.05, 0.1) is 18.4 Å². The van der Waals surface area contributed by atoms with Crippen LogP contribution in [0.1, 0.15) is 66.3 Å². The van der Waals surface area contributed by atoms with E-state index in [1.807, 2.05) is 12.1 Å². The molecular formula is C32H31F3N4O5. The summed E-state index contributed by atoms with van der Waals surface area (Å²) in [5, 5.41) is 17.9. The maximum absolute atomic E-state index is 13.1. The van der Waals surface area contributed by atoms with Crippen LogP contribution in [0.2, 0.25) is 0 Å². The molecule has 2 saturated heterocycles. The lowest BCUT2D eigenvalue weighted by Gasteiger charge is -2.40. The summed E-state index contributed by atoms with van der Waals surface area (Å²) in [5.41, 5.74) is 3.94. The van der Waals surface area contributed by atoms with Crippen LogP contribution in [-0.4, -0.2) is 50.6 Å². The van der Waals surface area contributed by atoms with Gasteiger partial charge in [-0.15, -0.1) is 13.2 Å². The van der Waals surface area contributed by atoms with E-state index in [2.05, 4.69) is 32.0 Å². The number of hydrogen-bond donors (Lipinski definition) is 1. The number of benzene rings is 2. The third kappa shape index (κ3) is 5.54. The van der Waals surface area contributed by atoms with Crippen molar-refractivity contribution < 1.29 is 37.1 Å². The first-order chi connectivity index (χ1) is 21.1. The molecule has 2 bridgehead atoms. The SMILES string of the molecule is Cn1nc(-c2ccc(N3[C@@H]4CC[C@H]3C[C@H](OCc3c(-c5ccccc5OC(F)(F)F)noc3C3CC3)C4)cc2)cc1C(=O)O. The number of piperidine rings is 1. The van der Waals surface area contributed by atoms with Crippen molar-refractivity contribution in [1.82, 2.24) is 14.9 Å². The average Bonchev–Trinajstić information content (AvgIpc) is 3.53. The fraction of sp³-hybridized carbons (Fsp3) is 0.406. The Balaban J connectivity index is 1.06. The molecule has 3 fully saturated rings.